The zero-order valence-corrected chi connectivity index (χ0v) is 15.9. The quantitative estimate of drug-likeness (QED) is 0.438. The van der Waals surface area contributed by atoms with Crippen molar-refractivity contribution in [2.24, 2.45) is 0 Å². The monoisotopic (exact) mass is 407 g/mol. The van der Waals surface area contributed by atoms with E-state index < -0.39 is 7.80 Å². The maximum Gasteiger partial charge on any atom is 0.150 e. The van der Waals surface area contributed by atoms with E-state index in [4.69, 9.17) is 0 Å². The lowest BCUT2D eigenvalue weighted by atomic mass is 10.0. The standard InChI is InChI=1S/C21H15BrNOP/c22-18-10-8-15(9-11-18)19-13-16-5-1-2-6-17(16)14-20(19)25(24)21-7-3-4-12-23-21/h1-14,25H. The molecule has 2 nitrogen and oxygen atoms in total. The summed E-state index contributed by atoms with van der Waals surface area (Å²) < 4.78 is 14.3. The van der Waals surface area contributed by atoms with E-state index in [0.717, 1.165) is 31.7 Å². The number of rotatable bonds is 3. The maximum atomic E-state index is 13.3. The molecular weight excluding hydrogens is 393 g/mol. The molecule has 0 aliphatic carbocycles. The highest BCUT2D eigenvalue weighted by Crippen LogP contribution is 2.31. The number of pyridine rings is 1. The molecule has 0 N–H and O–H groups in total. The van der Waals surface area contributed by atoms with Gasteiger partial charge in [-0.05, 0) is 58.3 Å². The second kappa shape index (κ2) is 6.95. The lowest BCUT2D eigenvalue weighted by Crippen LogP contribution is -2.12. The molecule has 4 rings (SSSR count). The molecule has 1 aromatic heterocycles. The van der Waals surface area contributed by atoms with Crippen LogP contribution in [-0.4, -0.2) is 4.98 Å². The van der Waals surface area contributed by atoms with Gasteiger partial charge in [0.1, 0.15) is 13.2 Å². The van der Waals surface area contributed by atoms with Crippen LogP contribution in [0.25, 0.3) is 21.9 Å². The highest BCUT2D eigenvalue weighted by molar-refractivity contribution is 9.10. The van der Waals surface area contributed by atoms with E-state index >= 15 is 0 Å². The second-order valence-electron chi connectivity index (χ2n) is 5.80. The van der Waals surface area contributed by atoms with Crippen LogP contribution in [0.5, 0.6) is 0 Å². The third kappa shape index (κ3) is 3.30. The van der Waals surface area contributed by atoms with Crippen molar-refractivity contribution < 1.29 is 4.57 Å². The Bertz CT molecular complexity index is 1060. The second-order valence-corrected chi connectivity index (χ2v) is 8.42. The van der Waals surface area contributed by atoms with E-state index in [1.807, 2.05) is 60.7 Å². The maximum absolute atomic E-state index is 13.3. The van der Waals surface area contributed by atoms with Gasteiger partial charge in [-0.1, -0.05) is 58.4 Å². The first kappa shape index (κ1) is 16.3. The molecule has 0 saturated carbocycles. The number of hydrogen-bond donors (Lipinski definition) is 0. The minimum atomic E-state index is -2.19. The Labute approximate surface area is 155 Å². The van der Waals surface area contributed by atoms with Crippen LogP contribution in [0, 0.1) is 0 Å². The number of fused-ring (bicyclic) bond motifs is 1. The molecule has 0 saturated heterocycles. The van der Waals surface area contributed by atoms with Crippen LogP contribution in [0.3, 0.4) is 0 Å². The number of benzene rings is 3. The number of hydrogen-bond acceptors (Lipinski definition) is 2. The molecule has 0 spiro atoms. The van der Waals surface area contributed by atoms with Crippen LogP contribution in [0.15, 0.2) is 89.5 Å². The van der Waals surface area contributed by atoms with Crippen molar-refractivity contribution in [1.82, 2.24) is 4.98 Å². The van der Waals surface area contributed by atoms with Crippen molar-refractivity contribution >= 4 is 45.2 Å². The Hall–Kier alpha value is -2.22. The van der Waals surface area contributed by atoms with Crippen molar-refractivity contribution in [3.63, 3.8) is 0 Å². The normalized spacial score (nSPS) is 12.2. The number of aromatic nitrogens is 1. The SMILES string of the molecule is O=[PH](c1ccccn1)c1cc2ccccc2cc1-c1ccc(Br)cc1. The van der Waals surface area contributed by atoms with Gasteiger partial charge in [-0.25, -0.2) is 0 Å². The van der Waals surface area contributed by atoms with E-state index in [1.54, 1.807) is 6.20 Å². The molecule has 122 valence electrons. The first-order valence-electron chi connectivity index (χ1n) is 7.97. The molecule has 1 unspecified atom stereocenters. The Morgan fingerprint density at radius 2 is 1.48 bits per heavy atom. The van der Waals surface area contributed by atoms with Crippen LogP contribution in [0.2, 0.25) is 0 Å². The van der Waals surface area contributed by atoms with E-state index in [0.29, 0.717) is 5.44 Å². The van der Waals surface area contributed by atoms with Gasteiger partial charge < -0.3 is 4.57 Å². The van der Waals surface area contributed by atoms with Gasteiger partial charge >= 0.3 is 0 Å². The van der Waals surface area contributed by atoms with Crippen LogP contribution in [-0.2, 0) is 4.57 Å². The van der Waals surface area contributed by atoms with Gasteiger partial charge in [-0.2, -0.15) is 0 Å². The fourth-order valence-electron chi connectivity index (χ4n) is 2.93. The average Bonchev–Trinajstić information content (AvgIpc) is 2.68. The highest BCUT2D eigenvalue weighted by atomic mass is 79.9. The van der Waals surface area contributed by atoms with Crippen LogP contribution in [0.1, 0.15) is 0 Å². The lowest BCUT2D eigenvalue weighted by Gasteiger charge is -2.12. The summed E-state index contributed by atoms with van der Waals surface area (Å²) in [5, 5.41) is 3.08. The fraction of sp³-hybridized carbons (Fsp3) is 0. The largest absolute Gasteiger partial charge is 0.315 e. The molecule has 4 aromatic rings. The summed E-state index contributed by atoms with van der Waals surface area (Å²) in [7, 11) is -2.19. The van der Waals surface area contributed by atoms with E-state index in [9.17, 15) is 4.57 Å². The van der Waals surface area contributed by atoms with Crippen LogP contribution < -0.4 is 10.7 Å². The van der Waals surface area contributed by atoms with Crippen LogP contribution in [0.4, 0.5) is 0 Å². The van der Waals surface area contributed by atoms with Crippen molar-refractivity contribution in [2.75, 3.05) is 0 Å². The predicted molar refractivity (Wildman–Crippen MR) is 110 cm³/mol. The van der Waals surface area contributed by atoms with Crippen molar-refractivity contribution in [2.45, 2.75) is 0 Å². The van der Waals surface area contributed by atoms with E-state index in [2.05, 4.69) is 39.1 Å². The number of halogens is 1. The summed E-state index contributed by atoms with van der Waals surface area (Å²) in [4.78, 5) is 4.31. The Kier molecular flexibility index (Phi) is 4.52. The van der Waals surface area contributed by atoms with Gasteiger partial charge in [-0.3, -0.25) is 4.98 Å². The van der Waals surface area contributed by atoms with Crippen molar-refractivity contribution in [1.29, 1.82) is 0 Å². The topological polar surface area (TPSA) is 30.0 Å². The Morgan fingerprint density at radius 1 is 0.800 bits per heavy atom. The third-order valence-corrected chi connectivity index (χ3v) is 6.38. The predicted octanol–water partition coefficient (Wildman–Crippen LogP) is 5.17. The number of nitrogens with zero attached hydrogens (tertiary/aromatic N) is 1. The molecule has 1 atom stereocenters. The summed E-state index contributed by atoms with van der Waals surface area (Å²) in [6.45, 7) is 0. The molecular formula is C21H15BrNOP. The zero-order valence-electron chi connectivity index (χ0n) is 13.3. The molecule has 0 aliphatic rings. The van der Waals surface area contributed by atoms with Crippen molar-refractivity contribution in [3.05, 3.63) is 89.5 Å². The van der Waals surface area contributed by atoms with Gasteiger partial charge in [-0.15, -0.1) is 0 Å². The van der Waals surface area contributed by atoms with Gasteiger partial charge in [0.15, 0.2) is 0 Å². The first-order chi connectivity index (χ1) is 12.2. The minimum absolute atomic E-state index is 0.640. The molecule has 0 amide bonds. The molecule has 1 heterocycles. The van der Waals surface area contributed by atoms with E-state index in [-0.39, 0.29) is 0 Å². The third-order valence-electron chi connectivity index (χ3n) is 4.18. The molecule has 0 fully saturated rings. The molecule has 4 heteroatoms. The summed E-state index contributed by atoms with van der Waals surface area (Å²) >= 11 is 3.48. The lowest BCUT2D eigenvalue weighted by molar-refractivity contribution is 0.597. The summed E-state index contributed by atoms with van der Waals surface area (Å²) in [6, 6.07) is 26.0. The summed E-state index contributed by atoms with van der Waals surface area (Å²) in [5.41, 5.74) is 2.69. The molecule has 0 bridgehead atoms. The first-order valence-corrected chi connectivity index (χ1v) is 10.2. The average molecular weight is 408 g/mol. The molecule has 25 heavy (non-hydrogen) atoms. The molecule has 0 aliphatic heterocycles. The molecule has 0 radical (unpaired) electrons. The van der Waals surface area contributed by atoms with Gasteiger partial charge in [0.2, 0.25) is 0 Å². The van der Waals surface area contributed by atoms with E-state index in [1.165, 1.54) is 0 Å². The van der Waals surface area contributed by atoms with Crippen molar-refractivity contribution in [3.8, 4) is 11.1 Å². The minimum Gasteiger partial charge on any atom is -0.315 e. The molecule has 3 aromatic carbocycles. The van der Waals surface area contributed by atoms with Gasteiger partial charge in [0.05, 0.1) is 0 Å². The summed E-state index contributed by atoms with van der Waals surface area (Å²) in [5.74, 6) is 0. The Morgan fingerprint density at radius 3 is 2.16 bits per heavy atom. The summed E-state index contributed by atoms with van der Waals surface area (Å²) in [6.07, 6.45) is 1.69. The Balaban J connectivity index is 1.96. The highest BCUT2D eigenvalue weighted by Gasteiger charge is 2.15. The van der Waals surface area contributed by atoms with Crippen LogP contribution >= 0.6 is 23.7 Å². The van der Waals surface area contributed by atoms with Gasteiger partial charge in [0.25, 0.3) is 0 Å². The zero-order chi connectivity index (χ0) is 17.2. The fourth-order valence-corrected chi connectivity index (χ4v) is 4.66. The smallest absolute Gasteiger partial charge is 0.150 e. The van der Waals surface area contributed by atoms with Gasteiger partial charge in [0, 0.05) is 16.0 Å².